The predicted molar refractivity (Wildman–Crippen MR) is 104 cm³/mol. The van der Waals surface area contributed by atoms with E-state index in [1.54, 1.807) is 18.3 Å². The lowest BCUT2D eigenvalue weighted by Gasteiger charge is -2.26. The van der Waals surface area contributed by atoms with Gasteiger partial charge in [0.15, 0.2) is 0 Å². The van der Waals surface area contributed by atoms with Gasteiger partial charge in [-0.25, -0.2) is 12.4 Å². The summed E-state index contributed by atoms with van der Waals surface area (Å²) in [6.07, 6.45) is 1.79. The summed E-state index contributed by atoms with van der Waals surface area (Å²) >= 11 is 0. The van der Waals surface area contributed by atoms with Crippen molar-refractivity contribution in [1.82, 2.24) is 14.2 Å². The molecule has 1 aliphatic rings. The van der Waals surface area contributed by atoms with Crippen molar-refractivity contribution in [3.8, 4) is 0 Å². The predicted octanol–water partition coefficient (Wildman–Crippen LogP) is 2.59. The first-order valence-electron chi connectivity index (χ1n) is 8.90. The van der Waals surface area contributed by atoms with Crippen molar-refractivity contribution in [2.45, 2.75) is 18.4 Å². The van der Waals surface area contributed by atoms with Crippen LogP contribution >= 0.6 is 0 Å². The molecule has 1 N–H and O–H groups in total. The molecule has 4 rings (SSSR count). The fraction of sp³-hybridized carbons (Fsp3) is 0.300. The molecule has 1 fully saturated rings. The zero-order chi connectivity index (χ0) is 18.1. The molecule has 136 valence electrons. The Hall–Kier alpha value is -2.15. The Morgan fingerprint density at radius 2 is 1.69 bits per heavy atom. The number of aromatic nitrogens is 1. The van der Waals surface area contributed by atoms with Crippen LogP contribution < -0.4 is 5.32 Å². The topological polar surface area (TPSA) is 54.3 Å². The van der Waals surface area contributed by atoms with Crippen LogP contribution in [0.3, 0.4) is 0 Å². The molecule has 2 aromatic carbocycles. The number of nitrogens with zero attached hydrogens (tertiary/aromatic N) is 2. The molecule has 0 aliphatic carbocycles. The minimum atomic E-state index is -3.62. The average Bonchev–Trinajstić information content (AvgIpc) is 3.02. The average molecular weight is 369 g/mol. The summed E-state index contributed by atoms with van der Waals surface area (Å²) in [4.78, 5) is 2.68. The molecule has 1 saturated heterocycles. The second-order valence-corrected chi connectivity index (χ2v) is 8.63. The normalized spacial score (nSPS) is 16.2. The van der Waals surface area contributed by atoms with Crippen molar-refractivity contribution in [2.24, 2.45) is 0 Å². The maximum absolute atomic E-state index is 13.2. The van der Waals surface area contributed by atoms with Gasteiger partial charge in [-0.1, -0.05) is 35.9 Å². The molecular formula is C20H23N3O2S. The number of rotatable bonds is 4. The second-order valence-electron chi connectivity index (χ2n) is 6.81. The van der Waals surface area contributed by atoms with Crippen molar-refractivity contribution in [1.29, 1.82) is 0 Å². The van der Waals surface area contributed by atoms with Gasteiger partial charge in [0, 0.05) is 44.3 Å². The van der Waals surface area contributed by atoms with Crippen molar-refractivity contribution in [3.63, 3.8) is 0 Å². The van der Waals surface area contributed by atoms with E-state index in [2.05, 4.69) is 10.2 Å². The van der Waals surface area contributed by atoms with E-state index in [9.17, 15) is 8.42 Å². The van der Waals surface area contributed by atoms with Gasteiger partial charge < -0.3 is 5.32 Å². The fourth-order valence-corrected chi connectivity index (χ4v) is 4.87. The maximum atomic E-state index is 13.2. The lowest BCUT2D eigenvalue weighted by Crippen LogP contribution is -2.42. The van der Waals surface area contributed by atoms with E-state index >= 15 is 0 Å². The Kier molecular flexibility index (Phi) is 4.56. The van der Waals surface area contributed by atoms with Crippen LogP contribution in [0.15, 0.2) is 59.6 Å². The van der Waals surface area contributed by atoms with E-state index in [0.717, 1.165) is 54.8 Å². The molecule has 26 heavy (non-hydrogen) atoms. The number of benzene rings is 2. The number of nitrogens with one attached hydrogen (secondary N) is 1. The quantitative estimate of drug-likeness (QED) is 0.768. The van der Waals surface area contributed by atoms with E-state index in [1.165, 1.54) is 3.97 Å². The third kappa shape index (κ3) is 3.16. The number of piperazine rings is 1. The van der Waals surface area contributed by atoms with Crippen LogP contribution in [-0.4, -0.2) is 43.5 Å². The van der Waals surface area contributed by atoms with Crippen molar-refractivity contribution in [2.75, 3.05) is 26.2 Å². The summed E-state index contributed by atoms with van der Waals surface area (Å²) in [7, 11) is -3.62. The standard InChI is InChI=1S/C20H23N3O2S/c1-16-6-8-18(9-7-16)26(24,25)23-15-17(14-22-12-10-21-11-13-22)19-4-2-3-5-20(19)23/h2-9,15,21H,10-14H2,1H3. The van der Waals surface area contributed by atoms with Crippen LogP contribution in [-0.2, 0) is 16.6 Å². The molecule has 0 amide bonds. The zero-order valence-corrected chi connectivity index (χ0v) is 15.7. The number of hydrogen-bond donors (Lipinski definition) is 1. The molecule has 1 aliphatic heterocycles. The third-order valence-corrected chi connectivity index (χ3v) is 6.63. The molecule has 0 spiro atoms. The summed E-state index contributed by atoms with van der Waals surface area (Å²) < 4.78 is 27.8. The van der Waals surface area contributed by atoms with E-state index in [1.807, 2.05) is 43.3 Å². The summed E-state index contributed by atoms with van der Waals surface area (Å²) in [5.74, 6) is 0. The first-order valence-corrected chi connectivity index (χ1v) is 10.3. The zero-order valence-electron chi connectivity index (χ0n) is 14.9. The Balaban J connectivity index is 1.79. The first kappa shape index (κ1) is 17.3. The van der Waals surface area contributed by atoms with E-state index < -0.39 is 10.0 Å². The van der Waals surface area contributed by atoms with E-state index in [4.69, 9.17) is 0 Å². The molecule has 0 saturated carbocycles. The molecule has 5 nitrogen and oxygen atoms in total. The molecule has 6 heteroatoms. The Labute approximate surface area is 154 Å². The fourth-order valence-electron chi connectivity index (χ4n) is 3.48. The van der Waals surface area contributed by atoms with Crippen LogP contribution in [0.1, 0.15) is 11.1 Å². The highest BCUT2D eigenvalue weighted by Crippen LogP contribution is 2.27. The molecule has 3 aromatic rings. The van der Waals surface area contributed by atoms with Crippen LogP contribution in [0, 0.1) is 6.92 Å². The first-order chi connectivity index (χ1) is 12.6. The Morgan fingerprint density at radius 1 is 1.00 bits per heavy atom. The lowest BCUT2D eigenvalue weighted by molar-refractivity contribution is 0.234. The van der Waals surface area contributed by atoms with Crippen LogP contribution in [0.5, 0.6) is 0 Å². The van der Waals surface area contributed by atoms with Gasteiger partial charge in [0.25, 0.3) is 10.0 Å². The molecule has 0 bridgehead atoms. The van der Waals surface area contributed by atoms with Gasteiger partial charge in [-0.2, -0.15) is 0 Å². The Bertz CT molecular complexity index is 1020. The molecule has 0 unspecified atom stereocenters. The van der Waals surface area contributed by atoms with Gasteiger partial charge in [0.1, 0.15) is 0 Å². The van der Waals surface area contributed by atoms with Gasteiger partial charge in [0.2, 0.25) is 0 Å². The van der Waals surface area contributed by atoms with Crippen LogP contribution in [0.4, 0.5) is 0 Å². The smallest absolute Gasteiger partial charge is 0.268 e. The number of aryl methyl sites for hydroxylation is 1. The van der Waals surface area contributed by atoms with E-state index in [0.29, 0.717) is 4.90 Å². The summed E-state index contributed by atoms with van der Waals surface area (Å²) in [6, 6.07) is 14.8. The highest BCUT2D eigenvalue weighted by Gasteiger charge is 2.22. The third-order valence-electron chi connectivity index (χ3n) is 4.94. The SMILES string of the molecule is Cc1ccc(S(=O)(=O)n2cc(CN3CCNCC3)c3ccccc32)cc1. The van der Waals surface area contributed by atoms with Gasteiger partial charge >= 0.3 is 0 Å². The monoisotopic (exact) mass is 369 g/mol. The van der Waals surface area contributed by atoms with E-state index in [-0.39, 0.29) is 0 Å². The number of hydrogen-bond acceptors (Lipinski definition) is 4. The van der Waals surface area contributed by atoms with Crippen molar-refractivity contribution in [3.05, 3.63) is 65.9 Å². The summed E-state index contributed by atoms with van der Waals surface area (Å²) in [5.41, 5.74) is 2.83. The lowest BCUT2D eigenvalue weighted by atomic mass is 10.1. The van der Waals surface area contributed by atoms with Gasteiger partial charge in [-0.3, -0.25) is 4.90 Å². The molecule has 2 heterocycles. The van der Waals surface area contributed by atoms with Gasteiger partial charge in [-0.05, 0) is 30.7 Å². The maximum Gasteiger partial charge on any atom is 0.268 e. The van der Waals surface area contributed by atoms with Gasteiger partial charge in [-0.15, -0.1) is 0 Å². The van der Waals surface area contributed by atoms with Crippen LogP contribution in [0.2, 0.25) is 0 Å². The second kappa shape index (κ2) is 6.87. The number of fused-ring (bicyclic) bond motifs is 1. The largest absolute Gasteiger partial charge is 0.314 e. The summed E-state index contributed by atoms with van der Waals surface area (Å²) in [5, 5.41) is 4.35. The highest BCUT2D eigenvalue weighted by molar-refractivity contribution is 7.90. The summed E-state index contributed by atoms with van der Waals surface area (Å²) in [6.45, 7) is 6.61. The van der Waals surface area contributed by atoms with Gasteiger partial charge in [0.05, 0.1) is 10.4 Å². The highest BCUT2D eigenvalue weighted by atomic mass is 32.2. The molecule has 0 atom stereocenters. The Morgan fingerprint density at radius 3 is 2.42 bits per heavy atom. The van der Waals surface area contributed by atoms with Crippen molar-refractivity contribution < 1.29 is 8.42 Å². The van der Waals surface area contributed by atoms with Crippen molar-refractivity contribution >= 4 is 20.9 Å². The molecule has 1 aromatic heterocycles. The molecular weight excluding hydrogens is 346 g/mol. The number of para-hydroxylation sites is 1. The minimum Gasteiger partial charge on any atom is -0.314 e. The molecule has 0 radical (unpaired) electrons. The van der Waals surface area contributed by atoms with Crippen LogP contribution in [0.25, 0.3) is 10.9 Å². The minimum absolute atomic E-state index is 0.317.